The minimum absolute atomic E-state index is 1.11. The molecule has 0 aliphatic carbocycles. The second-order valence-electron chi connectivity index (χ2n) is 2.78. The van der Waals surface area contributed by atoms with Crippen molar-refractivity contribution in [3.63, 3.8) is 0 Å². The Morgan fingerprint density at radius 3 is 3.27 bits per heavy atom. The lowest BCUT2D eigenvalue weighted by Gasteiger charge is -2.12. The quantitative estimate of drug-likeness (QED) is 0.541. The predicted octanol–water partition coefficient (Wildman–Crippen LogP) is 0.733. The number of anilines is 1. The van der Waals surface area contributed by atoms with E-state index in [-0.39, 0.29) is 0 Å². The molecule has 1 N–H and O–H groups in total. The van der Waals surface area contributed by atoms with Gasteiger partial charge < -0.3 is 5.32 Å². The van der Waals surface area contributed by atoms with Gasteiger partial charge >= 0.3 is 0 Å². The van der Waals surface area contributed by atoms with Gasteiger partial charge in [0.05, 0.1) is 12.6 Å². The molecule has 60 valence electrons. The van der Waals surface area contributed by atoms with Gasteiger partial charge in [0.25, 0.3) is 3.70 Å². The smallest absolute Gasteiger partial charge is 0.268 e. The van der Waals surface area contributed by atoms with E-state index in [2.05, 4.69) is 50.4 Å². The van der Waals surface area contributed by atoms with Crippen molar-refractivity contribution in [3.05, 3.63) is 9.77 Å². The van der Waals surface area contributed by atoms with Crippen LogP contribution in [0.3, 0.4) is 0 Å². The van der Waals surface area contributed by atoms with Crippen molar-refractivity contribution in [3.8, 4) is 0 Å². The third kappa shape index (κ3) is 1.13. The molecule has 2 rings (SSSR count). The SMILES string of the molecule is C[n+]1c(I)cc2n1CCCN2. The molecule has 4 heteroatoms. The molecule has 0 bridgehead atoms. The van der Waals surface area contributed by atoms with Crippen LogP contribution in [0.4, 0.5) is 5.82 Å². The lowest BCUT2D eigenvalue weighted by Crippen LogP contribution is -2.43. The number of fused-ring (bicyclic) bond motifs is 1. The van der Waals surface area contributed by atoms with Crippen LogP contribution in [-0.4, -0.2) is 11.2 Å². The number of hydrogen-bond acceptors (Lipinski definition) is 1. The molecule has 0 spiro atoms. The zero-order valence-corrected chi connectivity index (χ0v) is 8.63. The molecule has 0 aromatic carbocycles. The van der Waals surface area contributed by atoms with Crippen molar-refractivity contribution < 1.29 is 4.68 Å². The minimum atomic E-state index is 1.11. The summed E-state index contributed by atoms with van der Waals surface area (Å²) >= 11 is 2.35. The van der Waals surface area contributed by atoms with Crippen molar-refractivity contribution in [2.75, 3.05) is 11.9 Å². The maximum absolute atomic E-state index is 3.36. The van der Waals surface area contributed by atoms with E-state index in [0.29, 0.717) is 0 Å². The highest BCUT2D eigenvalue weighted by Crippen LogP contribution is 2.14. The van der Waals surface area contributed by atoms with Crippen LogP contribution in [0.5, 0.6) is 0 Å². The summed E-state index contributed by atoms with van der Waals surface area (Å²) in [5.41, 5.74) is 0. The standard InChI is InChI=1S/C7H10IN3/c1-10-6(8)5-7-9-3-2-4-11(7)10/h5H,2-4H2,1H3/p+1. The molecule has 1 aliphatic heterocycles. The van der Waals surface area contributed by atoms with E-state index in [1.165, 1.54) is 15.9 Å². The number of hydrogen-bond donors (Lipinski definition) is 1. The molecule has 0 saturated carbocycles. The maximum Gasteiger partial charge on any atom is 0.268 e. The zero-order valence-electron chi connectivity index (χ0n) is 6.47. The highest BCUT2D eigenvalue weighted by atomic mass is 127. The molecule has 0 saturated heterocycles. The Bertz CT molecular complexity index is 279. The number of nitrogens with zero attached hydrogens (tertiary/aromatic N) is 2. The van der Waals surface area contributed by atoms with Crippen LogP contribution in [0.15, 0.2) is 6.07 Å². The fourth-order valence-electron chi connectivity index (χ4n) is 1.42. The highest BCUT2D eigenvalue weighted by molar-refractivity contribution is 14.1. The Morgan fingerprint density at radius 1 is 1.73 bits per heavy atom. The summed E-state index contributed by atoms with van der Waals surface area (Å²) in [6.07, 6.45) is 1.23. The number of halogens is 1. The maximum atomic E-state index is 3.36. The summed E-state index contributed by atoms with van der Waals surface area (Å²) in [7, 11) is 2.10. The van der Waals surface area contributed by atoms with E-state index in [0.717, 1.165) is 13.1 Å². The van der Waals surface area contributed by atoms with E-state index in [9.17, 15) is 0 Å². The monoisotopic (exact) mass is 264 g/mol. The Morgan fingerprint density at radius 2 is 2.55 bits per heavy atom. The van der Waals surface area contributed by atoms with Crippen LogP contribution in [0, 0.1) is 3.70 Å². The minimum Gasteiger partial charge on any atom is -0.367 e. The zero-order chi connectivity index (χ0) is 7.84. The molecule has 3 nitrogen and oxygen atoms in total. The van der Waals surface area contributed by atoms with E-state index in [1.807, 2.05) is 0 Å². The summed E-state index contributed by atoms with van der Waals surface area (Å²) in [6, 6.07) is 2.18. The Kier molecular flexibility index (Phi) is 1.78. The van der Waals surface area contributed by atoms with E-state index >= 15 is 0 Å². The molecule has 0 unspecified atom stereocenters. The van der Waals surface area contributed by atoms with Crippen LogP contribution in [-0.2, 0) is 13.6 Å². The van der Waals surface area contributed by atoms with Crippen LogP contribution in [0.1, 0.15) is 6.42 Å². The Hall–Kier alpha value is -0.260. The van der Waals surface area contributed by atoms with Gasteiger partial charge in [0.1, 0.15) is 0 Å². The molecule has 0 fully saturated rings. The topological polar surface area (TPSA) is 20.8 Å². The number of rotatable bonds is 0. The highest BCUT2D eigenvalue weighted by Gasteiger charge is 2.19. The molecule has 1 aromatic rings. The molecular formula is C7H11IN3+. The molecule has 0 radical (unpaired) electrons. The molecule has 11 heavy (non-hydrogen) atoms. The van der Waals surface area contributed by atoms with E-state index in [1.54, 1.807) is 0 Å². The number of nitrogens with one attached hydrogen (secondary N) is 1. The van der Waals surface area contributed by atoms with Crippen molar-refractivity contribution >= 4 is 28.4 Å². The first-order chi connectivity index (χ1) is 5.29. The first-order valence-electron chi connectivity index (χ1n) is 3.78. The fourth-order valence-corrected chi connectivity index (χ4v) is 1.97. The normalized spacial score (nSPS) is 15.8. The van der Waals surface area contributed by atoms with Gasteiger partial charge in [-0.2, -0.15) is 0 Å². The third-order valence-electron chi connectivity index (χ3n) is 2.06. The first-order valence-corrected chi connectivity index (χ1v) is 4.86. The average Bonchev–Trinajstić information content (AvgIpc) is 2.30. The average molecular weight is 264 g/mol. The lowest BCUT2D eigenvalue weighted by atomic mass is 10.3. The molecule has 1 aliphatic rings. The van der Waals surface area contributed by atoms with Crippen LogP contribution >= 0.6 is 22.6 Å². The Balaban J connectivity index is 2.50. The summed E-state index contributed by atoms with van der Waals surface area (Å²) < 4.78 is 5.74. The van der Waals surface area contributed by atoms with Crippen LogP contribution < -0.4 is 10.00 Å². The van der Waals surface area contributed by atoms with E-state index < -0.39 is 0 Å². The third-order valence-corrected chi connectivity index (χ3v) is 3.07. The second-order valence-corrected chi connectivity index (χ2v) is 3.88. The van der Waals surface area contributed by atoms with Crippen LogP contribution in [0.2, 0.25) is 0 Å². The predicted molar refractivity (Wildman–Crippen MR) is 51.4 cm³/mol. The van der Waals surface area contributed by atoms with Crippen LogP contribution in [0.25, 0.3) is 0 Å². The van der Waals surface area contributed by atoms with Gasteiger partial charge in [-0.3, -0.25) is 0 Å². The van der Waals surface area contributed by atoms with Crippen molar-refractivity contribution in [2.45, 2.75) is 13.0 Å². The van der Waals surface area contributed by atoms with Gasteiger partial charge in [-0.25, -0.2) is 0 Å². The first kappa shape index (κ1) is 7.39. The van der Waals surface area contributed by atoms with Gasteiger partial charge in [0.15, 0.2) is 12.9 Å². The van der Waals surface area contributed by atoms with E-state index in [4.69, 9.17) is 0 Å². The summed E-state index contributed by atoms with van der Waals surface area (Å²) in [5, 5.41) is 3.36. The molecule has 0 atom stereocenters. The van der Waals surface area contributed by atoms with Gasteiger partial charge in [0.2, 0.25) is 0 Å². The van der Waals surface area contributed by atoms with Crippen molar-refractivity contribution in [2.24, 2.45) is 7.05 Å². The van der Waals surface area contributed by atoms with Gasteiger partial charge in [-0.1, -0.05) is 0 Å². The van der Waals surface area contributed by atoms with Gasteiger partial charge in [-0.05, 0) is 6.42 Å². The molecule has 0 amide bonds. The molecule has 2 heterocycles. The largest absolute Gasteiger partial charge is 0.367 e. The molecular weight excluding hydrogens is 253 g/mol. The lowest BCUT2D eigenvalue weighted by molar-refractivity contribution is -0.764. The van der Waals surface area contributed by atoms with Gasteiger partial charge in [0, 0.05) is 29.1 Å². The fraction of sp³-hybridized carbons (Fsp3) is 0.571. The van der Waals surface area contributed by atoms with Crippen molar-refractivity contribution in [1.82, 2.24) is 4.68 Å². The number of aromatic nitrogens is 2. The summed E-state index contributed by atoms with van der Waals surface area (Å²) in [6.45, 7) is 2.25. The van der Waals surface area contributed by atoms with Gasteiger partial charge in [-0.15, -0.1) is 9.36 Å². The molecule has 1 aromatic heterocycles. The second kappa shape index (κ2) is 2.66. The summed E-state index contributed by atoms with van der Waals surface area (Å²) in [5.74, 6) is 1.25. The summed E-state index contributed by atoms with van der Waals surface area (Å²) in [4.78, 5) is 0. The Labute approximate surface area is 79.5 Å². The van der Waals surface area contributed by atoms with Crippen molar-refractivity contribution in [1.29, 1.82) is 0 Å².